The zero-order valence-corrected chi connectivity index (χ0v) is 11.9. The van der Waals surface area contributed by atoms with Crippen LogP contribution in [-0.4, -0.2) is 16.6 Å². The molecule has 1 atom stereocenters. The van der Waals surface area contributed by atoms with Gasteiger partial charge in [0.25, 0.3) is 0 Å². The summed E-state index contributed by atoms with van der Waals surface area (Å²) in [7, 11) is 3.77. The largest absolute Gasteiger partial charge is 0.338 e. The summed E-state index contributed by atoms with van der Waals surface area (Å²) in [5.74, 6) is 0.717. The van der Waals surface area contributed by atoms with Gasteiger partial charge in [-0.1, -0.05) is 22.0 Å². The summed E-state index contributed by atoms with van der Waals surface area (Å²) in [6.45, 7) is 0. The highest BCUT2D eigenvalue weighted by Crippen LogP contribution is 2.23. The Morgan fingerprint density at radius 1 is 1.50 bits per heavy atom. The minimum atomic E-state index is -0.210. The number of halogens is 2. The highest BCUT2D eigenvalue weighted by Gasteiger charge is 2.16. The van der Waals surface area contributed by atoms with E-state index < -0.39 is 0 Å². The molecule has 1 unspecified atom stereocenters. The summed E-state index contributed by atoms with van der Waals surface area (Å²) in [6.07, 6.45) is 4.29. The summed E-state index contributed by atoms with van der Waals surface area (Å²) in [5, 5.41) is 3.14. The van der Waals surface area contributed by atoms with E-state index in [1.54, 1.807) is 12.3 Å². The van der Waals surface area contributed by atoms with Gasteiger partial charge in [0.05, 0.1) is 0 Å². The van der Waals surface area contributed by atoms with E-state index in [0.29, 0.717) is 12.0 Å². The molecule has 18 heavy (non-hydrogen) atoms. The van der Waals surface area contributed by atoms with E-state index in [9.17, 15) is 4.39 Å². The average Bonchev–Trinajstić information content (AvgIpc) is 2.73. The molecule has 0 radical (unpaired) electrons. The fourth-order valence-electron chi connectivity index (χ4n) is 1.93. The SMILES string of the molecule is CNC(Cc1nccn1C)c1ccc(Br)cc1F. The first-order valence-electron chi connectivity index (χ1n) is 5.70. The van der Waals surface area contributed by atoms with Gasteiger partial charge in [0.15, 0.2) is 0 Å². The first kappa shape index (κ1) is 13.2. The highest BCUT2D eigenvalue weighted by atomic mass is 79.9. The highest BCUT2D eigenvalue weighted by molar-refractivity contribution is 9.10. The number of aromatic nitrogens is 2. The zero-order chi connectivity index (χ0) is 13.1. The van der Waals surface area contributed by atoms with Gasteiger partial charge in [-0.05, 0) is 19.2 Å². The summed E-state index contributed by atoms with van der Waals surface area (Å²) < 4.78 is 16.6. The number of likely N-dealkylation sites (N-methyl/N-ethyl adjacent to an activating group) is 1. The van der Waals surface area contributed by atoms with Gasteiger partial charge in [-0.25, -0.2) is 9.37 Å². The molecule has 2 rings (SSSR count). The predicted octanol–water partition coefficient (Wildman–Crippen LogP) is 2.82. The lowest BCUT2D eigenvalue weighted by molar-refractivity contribution is 0.519. The van der Waals surface area contributed by atoms with Gasteiger partial charge >= 0.3 is 0 Å². The summed E-state index contributed by atoms with van der Waals surface area (Å²) in [5.41, 5.74) is 0.656. The maximum Gasteiger partial charge on any atom is 0.129 e. The molecular weight excluding hydrogens is 297 g/mol. The van der Waals surface area contributed by atoms with Crippen molar-refractivity contribution in [2.45, 2.75) is 12.5 Å². The quantitative estimate of drug-likeness (QED) is 0.941. The van der Waals surface area contributed by atoms with Crippen LogP contribution in [0, 0.1) is 5.82 Å². The number of hydrogen-bond donors (Lipinski definition) is 1. The molecule has 0 bridgehead atoms. The molecule has 0 aliphatic heterocycles. The predicted molar refractivity (Wildman–Crippen MR) is 72.8 cm³/mol. The van der Waals surface area contributed by atoms with Crippen molar-refractivity contribution in [2.24, 2.45) is 7.05 Å². The van der Waals surface area contributed by atoms with E-state index in [0.717, 1.165) is 10.3 Å². The Balaban J connectivity index is 2.26. The van der Waals surface area contributed by atoms with Crippen LogP contribution in [0.1, 0.15) is 17.4 Å². The lowest BCUT2D eigenvalue weighted by Crippen LogP contribution is -2.21. The molecule has 1 aromatic carbocycles. The molecule has 0 fully saturated rings. The van der Waals surface area contributed by atoms with E-state index >= 15 is 0 Å². The van der Waals surface area contributed by atoms with Crippen molar-refractivity contribution in [1.29, 1.82) is 0 Å². The molecule has 2 aromatic rings. The van der Waals surface area contributed by atoms with Gasteiger partial charge in [-0.15, -0.1) is 0 Å². The molecule has 1 heterocycles. The van der Waals surface area contributed by atoms with E-state index in [-0.39, 0.29) is 11.9 Å². The van der Waals surface area contributed by atoms with Crippen LogP contribution in [0.25, 0.3) is 0 Å². The van der Waals surface area contributed by atoms with Crippen LogP contribution in [0.2, 0.25) is 0 Å². The second kappa shape index (κ2) is 5.63. The van der Waals surface area contributed by atoms with Crippen molar-refractivity contribution < 1.29 is 4.39 Å². The number of hydrogen-bond acceptors (Lipinski definition) is 2. The standard InChI is InChI=1S/C13H15BrFN3/c1-16-12(8-13-17-5-6-18(13)2)10-4-3-9(14)7-11(10)15/h3-7,12,16H,8H2,1-2H3. The third kappa shape index (κ3) is 2.79. The fraction of sp³-hybridized carbons (Fsp3) is 0.308. The molecule has 0 saturated carbocycles. The molecule has 0 aliphatic carbocycles. The van der Waals surface area contributed by atoms with Crippen molar-refractivity contribution in [1.82, 2.24) is 14.9 Å². The smallest absolute Gasteiger partial charge is 0.129 e. The van der Waals surface area contributed by atoms with E-state index in [1.807, 2.05) is 30.9 Å². The van der Waals surface area contributed by atoms with E-state index in [2.05, 4.69) is 26.2 Å². The molecule has 1 aromatic heterocycles. The molecular formula is C13H15BrFN3. The molecule has 96 valence electrons. The van der Waals surface area contributed by atoms with Gasteiger partial charge in [0.2, 0.25) is 0 Å². The third-order valence-electron chi connectivity index (χ3n) is 2.99. The Kier molecular flexibility index (Phi) is 4.14. The Hall–Kier alpha value is -1.20. The Morgan fingerprint density at radius 3 is 2.83 bits per heavy atom. The second-order valence-electron chi connectivity index (χ2n) is 4.17. The minimum absolute atomic E-state index is 0.0841. The Morgan fingerprint density at radius 2 is 2.28 bits per heavy atom. The van der Waals surface area contributed by atoms with Crippen LogP contribution < -0.4 is 5.32 Å². The van der Waals surface area contributed by atoms with Crippen LogP contribution in [0.5, 0.6) is 0 Å². The minimum Gasteiger partial charge on any atom is -0.338 e. The van der Waals surface area contributed by atoms with Crippen LogP contribution >= 0.6 is 15.9 Å². The molecule has 5 heteroatoms. The van der Waals surface area contributed by atoms with E-state index in [1.165, 1.54) is 6.07 Å². The summed E-state index contributed by atoms with van der Waals surface area (Å²) in [4.78, 5) is 4.27. The van der Waals surface area contributed by atoms with Gasteiger partial charge < -0.3 is 9.88 Å². The number of nitrogens with one attached hydrogen (secondary N) is 1. The lowest BCUT2D eigenvalue weighted by atomic mass is 10.0. The number of aryl methyl sites for hydroxylation is 1. The number of rotatable bonds is 4. The molecule has 0 saturated heterocycles. The molecule has 0 spiro atoms. The molecule has 3 nitrogen and oxygen atoms in total. The normalized spacial score (nSPS) is 12.7. The lowest BCUT2D eigenvalue weighted by Gasteiger charge is -2.17. The van der Waals surface area contributed by atoms with Gasteiger partial charge in [-0.2, -0.15) is 0 Å². The van der Waals surface area contributed by atoms with Crippen LogP contribution in [0.15, 0.2) is 35.1 Å². The summed E-state index contributed by atoms with van der Waals surface area (Å²) in [6, 6.07) is 5.04. The number of benzene rings is 1. The molecule has 1 N–H and O–H groups in total. The van der Waals surface area contributed by atoms with Crippen LogP contribution in [0.4, 0.5) is 4.39 Å². The molecule has 0 aliphatic rings. The maximum atomic E-state index is 13.9. The van der Waals surface area contributed by atoms with Crippen molar-refractivity contribution in [3.63, 3.8) is 0 Å². The maximum absolute atomic E-state index is 13.9. The van der Waals surface area contributed by atoms with Crippen LogP contribution in [0.3, 0.4) is 0 Å². The Bertz CT molecular complexity index is 539. The van der Waals surface area contributed by atoms with Crippen LogP contribution in [-0.2, 0) is 13.5 Å². The molecule has 0 amide bonds. The summed E-state index contributed by atoms with van der Waals surface area (Å²) >= 11 is 3.26. The van der Waals surface area contributed by atoms with Crippen molar-refractivity contribution >= 4 is 15.9 Å². The topological polar surface area (TPSA) is 29.9 Å². The van der Waals surface area contributed by atoms with Gasteiger partial charge in [0, 0.05) is 41.9 Å². The first-order valence-corrected chi connectivity index (χ1v) is 6.49. The van der Waals surface area contributed by atoms with Gasteiger partial charge in [0.1, 0.15) is 11.6 Å². The second-order valence-corrected chi connectivity index (χ2v) is 5.08. The Labute approximate surface area is 114 Å². The first-order chi connectivity index (χ1) is 8.61. The number of imidazole rings is 1. The monoisotopic (exact) mass is 311 g/mol. The average molecular weight is 312 g/mol. The van der Waals surface area contributed by atoms with E-state index in [4.69, 9.17) is 0 Å². The zero-order valence-electron chi connectivity index (χ0n) is 10.3. The third-order valence-corrected chi connectivity index (χ3v) is 3.49. The number of nitrogens with zero attached hydrogens (tertiary/aromatic N) is 2. The van der Waals surface area contributed by atoms with Gasteiger partial charge in [-0.3, -0.25) is 0 Å². The van der Waals surface area contributed by atoms with Crippen molar-refractivity contribution in [3.05, 3.63) is 52.3 Å². The van der Waals surface area contributed by atoms with Crippen molar-refractivity contribution in [2.75, 3.05) is 7.05 Å². The fourth-order valence-corrected chi connectivity index (χ4v) is 2.26. The van der Waals surface area contributed by atoms with Crippen molar-refractivity contribution in [3.8, 4) is 0 Å².